The molecule has 0 aliphatic carbocycles. The first-order chi connectivity index (χ1) is 10.1. The van der Waals surface area contributed by atoms with Crippen molar-refractivity contribution in [1.29, 1.82) is 0 Å². The minimum Gasteiger partial charge on any atom is -0.399 e. The molecule has 0 aliphatic rings. The first-order valence-corrected chi connectivity index (χ1v) is 7.30. The van der Waals surface area contributed by atoms with Crippen LogP contribution in [-0.4, -0.2) is 20.2 Å². The molecule has 5 nitrogen and oxygen atoms in total. The Morgan fingerprint density at radius 1 is 1.19 bits per heavy atom. The number of hydrogen-bond donors (Lipinski definition) is 1. The van der Waals surface area contributed by atoms with Gasteiger partial charge in [0.1, 0.15) is 0 Å². The van der Waals surface area contributed by atoms with Crippen molar-refractivity contribution in [1.82, 2.24) is 20.2 Å². The van der Waals surface area contributed by atoms with E-state index in [1.165, 1.54) is 0 Å². The Bertz CT molecular complexity index is 781. The molecule has 0 saturated carbocycles. The number of halogens is 1. The molecule has 1 aromatic heterocycles. The van der Waals surface area contributed by atoms with E-state index in [1.807, 2.05) is 43.3 Å². The molecule has 0 saturated heterocycles. The second-order valence-corrected chi connectivity index (χ2v) is 5.78. The fourth-order valence-corrected chi connectivity index (χ4v) is 2.64. The SMILES string of the molecule is Cc1ccc(N)cc1-c1nnnn1Cc1cccc(Br)c1. The van der Waals surface area contributed by atoms with Gasteiger partial charge in [0.25, 0.3) is 0 Å². The number of tetrazole rings is 1. The zero-order valence-electron chi connectivity index (χ0n) is 11.5. The lowest BCUT2D eigenvalue weighted by Crippen LogP contribution is -2.05. The smallest absolute Gasteiger partial charge is 0.182 e. The molecular formula is C15H14BrN5. The highest BCUT2D eigenvalue weighted by molar-refractivity contribution is 9.10. The number of aryl methyl sites for hydroxylation is 1. The molecule has 1 heterocycles. The van der Waals surface area contributed by atoms with Crippen molar-refractivity contribution in [2.75, 3.05) is 5.73 Å². The lowest BCUT2D eigenvalue weighted by molar-refractivity contribution is 0.653. The Labute approximate surface area is 130 Å². The molecule has 0 fully saturated rings. The molecule has 0 bridgehead atoms. The Kier molecular flexibility index (Phi) is 3.70. The number of benzene rings is 2. The van der Waals surface area contributed by atoms with E-state index in [0.29, 0.717) is 12.2 Å². The predicted molar refractivity (Wildman–Crippen MR) is 85.6 cm³/mol. The molecule has 2 aromatic carbocycles. The lowest BCUT2D eigenvalue weighted by atomic mass is 10.1. The molecule has 0 unspecified atom stereocenters. The third kappa shape index (κ3) is 2.95. The highest BCUT2D eigenvalue weighted by Crippen LogP contribution is 2.24. The van der Waals surface area contributed by atoms with Crippen LogP contribution >= 0.6 is 15.9 Å². The van der Waals surface area contributed by atoms with E-state index in [2.05, 4.69) is 37.5 Å². The van der Waals surface area contributed by atoms with Crippen molar-refractivity contribution < 1.29 is 0 Å². The maximum atomic E-state index is 5.87. The number of rotatable bonds is 3. The molecule has 2 N–H and O–H groups in total. The topological polar surface area (TPSA) is 69.6 Å². The summed E-state index contributed by atoms with van der Waals surface area (Å²) in [5, 5.41) is 12.0. The molecule has 0 amide bonds. The average molecular weight is 344 g/mol. The van der Waals surface area contributed by atoms with E-state index >= 15 is 0 Å². The number of nitrogens with two attached hydrogens (primary N) is 1. The van der Waals surface area contributed by atoms with Gasteiger partial charge in [0.2, 0.25) is 0 Å². The zero-order chi connectivity index (χ0) is 14.8. The number of aromatic nitrogens is 4. The van der Waals surface area contributed by atoms with Crippen molar-refractivity contribution in [3.8, 4) is 11.4 Å². The van der Waals surface area contributed by atoms with E-state index in [0.717, 1.165) is 27.0 Å². The summed E-state index contributed by atoms with van der Waals surface area (Å²) in [6, 6.07) is 13.8. The summed E-state index contributed by atoms with van der Waals surface area (Å²) in [6.45, 7) is 2.63. The van der Waals surface area contributed by atoms with Crippen LogP contribution in [0.2, 0.25) is 0 Å². The van der Waals surface area contributed by atoms with Gasteiger partial charge < -0.3 is 5.73 Å². The van der Waals surface area contributed by atoms with Gasteiger partial charge in [-0.2, -0.15) is 0 Å². The van der Waals surface area contributed by atoms with Crippen LogP contribution in [0.1, 0.15) is 11.1 Å². The monoisotopic (exact) mass is 343 g/mol. The van der Waals surface area contributed by atoms with Crippen LogP contribution in [0.5, 0.6) is 0 Å². The summed E-state index contributed by atoms with van der Waals surface area (Å²) in [7, 11) is 0. The lowest BCUT2D eigenvalue weighted by Gasteiger charge is -2.08. The van der Waals surface area contributed by atoms with Gasteiger partial charge in [-0.15, -0.1) is 5.10 Å². The predicted octanol–water partition coefficient (Wildman–Crippen LogP) is 3.04. The average Bonchev–Trinajstić information content (AvgIpc) is 2.89. The second-order valence-electron chi connectivity index (χ2n) is 4.86. The van der Waals surface area contributed by atoms with Crippen molar-refractivity contribution in [2.24, 2.45) is 0 Å². The molecule has 0 spiro atoms. The van der Waals surface area contributed by atoms with Gasteiger partial charge in [0, 0.05) is 15.7 Å². The second kappa shape index (κ2) is 5.65. The van der Waals surface area contributed by atoms with Gasteiger partial charge >= 0.3 is 0 Å². The van der Waals surface area contributed by atoms with Crippen LogP contribution in [0.15, 0.2) is 46.9 Å². The molecule has 21 heavy (non-hydrogen) atoms. The van der Waals surface area contributed by atoms with Gasteiger partial charge in [-0.25, -0.2) is 4.68 Å². The normalized spacial score (nSPS) is 10.8. The van der Waals surface area contributed by atoms with Crippen LogP contribution in [0.3, 0.4) is 0 Å². The van der Waals surface area contributed by atoms with E-state index in [9.17, 15) is 0 Å². The van der Waals surface area contributed by atoms with E-state index in [-0.39, 0.29) is 0 Å². The van der Waals surface area contributed by atoms with Crippen molar-refractivity contribution in [3.05, 3.63) is 58.1 Å². The summed E-state index contributed by atoms with van der Waals surface area (Å²) >= 11 is 3.47. The minimum absolute atomic E-state index is 0.607. The molecular weight excluding hydrogens is 330 g/mol. The molecule has 106 valence electrons. The maximum Gasteiger partial charge on any atom is 0.182 e. The molecule has 3 rings (SSSR count). The number of nitrogens with zero attached hydrogens (tertiary/aromatic N) is 4. The fourth-order valence-electron chi connectivity index (χ4n) is 2.19. The van der Waals surface area contributed by atoms with E-state index < -0.39 is 0 Å². The Morgan fingerprint density at radius 2 is 2.05 bits per heavy atom. The first kappa shape index (κ1) is 13.8. The Morgan fingerprint density at radius 3 is 2.86 bits per heavy atom. The van der Waals surface area contributed by atoms with Crippen LogP contribution in [0.25, 0.3) is 11.4 Å². The minimum atomic E-state index is 0.607. The molecule has 6 heteroatoms. The van der Waals surface area contributed by atoms with E-state index in [4.69, 9.17) is 5.73 Å². The van der Waals surface area contributed by atoms with Gasteiger partial charge in [-0.3, -0.25) is 0 Å². The van der Waals surface area contributed by atoms with Gasteiger partial charge in [-0.1, -0.05) is 34.1 Å². The summed E-state index contributed by atoms with van der Waals surface area (Å²) in [6.07, 6.45) is 0. The molecule has 0 atom stereocenters. The standard InChI is InChI=1S/C15H14BrN5/c1-10-5-6-13(17)8-14(10)15-18-19-20-21(15)9-11-3-2-4-12(16)7-11/h2-8H,9,17H2,1H3. The molecule has 0 aliphatic heterocycles. The summed E-state index contributed by atoms with van der Waals surface area (Å²) in [5.74, 6) is 0.722. The van der Waals surface area contributed by atoms with Crippen molar-refractivity contribution in [3.63, 3.8) is 0 Å². The largest absolute Gasteiger partial charge is 0.399 e. The Balaban J connectivity index is 1.99. The fraction of sp³-hybridized carbons (Fsp3) is 0.133. The summed E-state index contributed by atoms with van der Waals surface area (Å²) < 4.78 is 2.82. The third-order valence-electron chi connectivity index (χ3n) is 3.26. The van der Waals surface area contributed by atoms with Crippen LogP contribution in [0, 0.1) is 6.92 Å². The number of nitrogen functional groups attached to an aromatic ring is 1. The third-order valence-corrected chi connectivity index (χ3v) is 3.75. The summed E-state index contributed by atoms with van der Waals surface area (Å²) in [5.41, 5.74) is 9.74. The van der Waals surface area contributed by atoms with Crippen LogP contribution in [0.4, 0.5) is 5.69 Å². The maximum absolute atomic E-state index is 5.87. The van der Waals surface area contributed by atoms with E-state index in [1.54, 1.807) is 4.68 Å². The van der Waals surface area contributed by atoms with Crippen molar-refractivity contribution >= 4 is 21.6 Å². The van der Waals surface area contributed by atoms with Crippen molar-refractivity contribution in [2.45, 2.75) is 13.5 Å². The van der Waals surface area contributed by atoms with Crippen LogP contribution < -0.4 is 5.73 Å². The van der Waals surface area contributed by atoms with Crippen LogP contribution in [-0.2, 0) is 6.54 Å². The Hall–Kier alpha value is -2.21. The van der Waals surface area contributed by atoms with Gasteiger partial charge in [-0.05, 0) is 52.7 Å². The van der Waals surface area contributed by atoms with Gasteiger partial charge in [0.05, 0.1) is 6.54 Å². The quantitative estimate of drug-likeness (QED) is 0.742. The zero-order valence-corrected chi connectivity index (χ0v) is 13.1. The van der Waals surface area contributed by atoms with Gasteiger partial charge in [0.15, 0.2) is 5.82 Å². The number of anilines is 1. The number of hydrogen-bond acceptors (Lipinski definition) is 4. The molecule has 3 aromatic rings. The first-order valence-electron chi connectivity index (χ1n) is 6.50. The molecule has 0 radical (unpaired) electrons. The highest BCUT2D eigenvalue weighted by Gasteiger charge is 2.12. The summed E-state index contributed by atoms with van der Waals surface area (Å²) in [4.78, 5) is 0. The highest BCUT2D eigenvalue weighted by atomic mass is 79.9.